The van der Waals surface area contributed by atoms with Crippen molar-refractivity contribution in [2.24, 2.45) is 0 Å². The van der Waals surface area contributed by atoms with Crippen molar-refractivity contribution in [1.82, 2.24) is 0 Å². The lowest BCUT2D eigenvalue weighted by Crippen LogP contribution is -2.16. The Morgan fingerprint density at radius 2 is 1.14 bits per heavy atom. The average molecular weight is 462 g/mol. The van der Waals surface area contributed by atoms with Crippen LogP contribution >= 0.6 is 0 Å². The lowest BCUT2D eigenvalue weighted by Gasteiger charge is -2.26. The Hall–Kier alpha value is -4.36. The van der Waals surface area contributed by atoms with Gasteiger partial charge in [0.1, 0.15) is 0 Å². The van der Waals surface area contributed by atoms with Crippen LogP contribution in [-0.2, 0) is 5.41 Å². The molecule has 0 amide bonds. The summed E-state index contributed by atoms with van der Waals surface area (Å²) in [6, 6.07) is 41.5. The lowest BCUT2D eigenvalue weighted by atomic mass is 9.77. The summed E-state index contributed by atoms with van der Waals surface area (Å²) in [6.07, 6.45) is 0. The molecule has 7 rings (SSSR count). The number of hydrogen-bond donors (Lipinski definition) is 1. The van der Waals surface area contributed by atoms with Gasteiger partial charge in [0.25, 0.3) is 0 Å². The highest BCUT2D eigenvalue weighted by Gasteiger charge is 2.38. The van der Waals surface area contributed by atoms with Gasteiger partial charge in [-0.2, -0.15) is 0 Å². The largest absolute Gasteiger partial charge is 0.399 e. The number of fused-ring (bicyclic) bond motifs is 8. The van der Waals surface area contributed by atoms with Crippen LogP contribution in [0.15, 0.2) is 115 Å². The Labute approximate surface area is 211 Å². The van der Waals surface area contributed by atoms with Gasteiger partial charge in [-0.25, -0.2) is 0 Å². The zero-order valence-electron chi connectivity index (χ0n) is 20.5. The molecule has 0 fully saturated rings. The zero-order valence-corrected chi connectivity index (χ0v) is 20.5. The third kappa shape index (κ3) is 2.90. The van der Waals surface area contributed by atoms with Crippen molar-refractivity contribution in [1.29, 1.82) is 0 Å². The van der Waals surface area contributed by atoms with Crippen LogP contribution in [0.2, 0.25) is 0 Å². The molecule has 2 N–H and O–H groups in total. The number of nitrogens with two attached hydrogens (primary N) is 1. The predicted octanol–water partition coefficient (Wildman–Crippen LogP) is 9.22. The van der Waals surface area contributed by atoms with E-state index in [1.807, 2.05) is 0 Å². The molecule has 0 aliphatic heterocycles. The first-order chi connectivity index (χ1) is 17.5. The van der Waals surface area contributed by atoms with E-state index in [1.165, 1.54) is 66.1 Å². The van der Waals surface area contributed by atoms with Gasteiger partial charge in [-0.1, -0.05) is 117 Å². The molecule has 0 saturated carbocycles. The summed E-state index contributed by atoms with van der Waals surface area (Å²) in [7, 11) is 0. The van der Waals surface area contributed by atoms with Crippen LogP contribution in [0.25, 0.3) is 54.9 Å². The molecule has 1 heteroatoms. The maximum Gasteiger partial charge on any atom is 0.0326 e. The monoisotopic (exact) mass is 461 g/mol. The highest BCUT2D eigenvalue weighted by molar-refractivity contribution is 6.22. The molecule has 0 atom stereocenters. The lowest BCUT2D eigenvalue weighted by molar-refractivity contribution is 0.666. The normalized spacial score (nSPS) is 13.6. The van der Waals surface area contributed by atoms with E-state index in [0.717, 1.165) is 5.69 Å². The van der Waals surface area contributed by atoms with Crippen molar-refractivity contribution >= 4 is 27.2 Å². The van der Waals surface area contributed by atoms with Gasteiger partial charge in [-0.15, -0.1) is 0 Å². The van der Waals surface area contributed by atoms with Crippen LogP contribution in [0.3, 0.4) is 0 Å². The van der Waals surface area contributed by atoms with Crippen LogP contribution in [0.5, 0.6) is 0 Å². The Morgan fingerprint density at radius 1 is 0.528 bits per heavy atom. The molecule has 0 radical (unpaired) electrons. The standard InChI is InChI=1S/C35H27N/c1-35(2)31-15-9-8-14-28(31)32-27-13-7-6-12-26(27)30-21-25(36)20-29(33(30)34(32)35)24-18-16-23(17-19-24)22-10-4-3-5-11-22/h3-21H,36H2,1-2H3. The summed E-state index contributed by atoms with van der Waals surface area (Å²) >= 11 is 0. The SMILES string of the molecule is CC1(C)c2ccccc2-c2c1c1c(-c3ccc(-c4ccccc4)cc3)cc(N)cc1c1ccccc21. The van der Waals surface area contributed by atoms with Gasteiger partial charge >= 0.3 is 0 Å². The summed E-state index contributed by atoms with van der Waals surface area (Å²) < 4.78 is 0. The maximum atomic E-state index is 6.57. The number of rotatable bonds is 2. The quantitative estimate of drug-likeness (QED) is 0.202. The fraction of sp³-hybridized carbons (Fsp3) is 0.0857. The van der Waals surface area contributed by atoms with E-state index in [9.17, 15) is 0 Å². The fourth-order valence-electron chi connectivity index (χ4n) is 6.33. The van der Waals surface area contributed by atoms with Crippen molar-refractivity contribution in [3.63, 3.8) is 0 Å². The molecular formula is C35H27N. The first kappa shape index (κ1) is 21.0. The molecule has 0 saturated heterocycles. The minimum absolute atomic E-state index is 0.122. The van der Waals surface area contributed by atoms with Crippen molar-refractivity contribution in [3.8, 4) is 33.4 Å². The first-order valence-corrected chi connectivity index (χ1v) is 12.6. The van der Waals surface area contributed by atoms with Crippen molar-refractivity contribution in [2.75, 3.05) is 5.73 Å². The number of hydrogen-bond acceptors (Lipinski definition) is 1. The molecule has 1 nitrogen and oxygen atoms in total. The van der Waals surface area contributed by atoms with E-state index in [2.05, 4.69) is 129 Å². The van der Waals surface area contributed by atoms with Crippen molar-refractivity contribution in [2.45, 2.75) is 19.3 Å². The zero-order chi connectivity index (χ0) is 24.4. The summed E-state index contributed by atoms with van der Waals surface area (Å²) in [6.45, 7) is 4.73. The smallest absolute Gasteiger partial charge is 0.0326 e. The van der Waals surface area contributed by atoms with Crippen LogP contribution in [0.1, 0.15) is 25.0 Å². The van der Waals surface area contributed by atoms with Crippen LogP contribution in [-0.4, -0.2) is 0 Å². The third-order valence-electron chi connectivity index (χ3n) is 7.95. The Morgan fingerprint density at radius 3 is 1.92 bits per heavy atom. The van der Waals surface area contributed by atoms with Crippen LogP contribution in [0.4, 0.5) is 5.69 Å². The first-order valence-electron chi connectivity index (χ1n) is 12.6. The van der Waals surface area contributed by atoms with Crippen LogP contribution < -0.4 is 5.73 Å². The van der Waals surface area contributed by atoms with Gasteiger partial charge in [0.2, 0.25) is 0 Å². The van der Waals surface area contributed by atoms with E-state index in [-0.39, 0.29) is 5.41 Å². The molecule has 172 valence electrons. The topological polar surface area (TPSA) is 26.0 Å². The second-order valence-electron chi connectivity index (χ2n) is 10.4. The summed E-state index contributed by atoms with van der Waals surface area (Å²) in [5.74, 6) is 0. The molecular weight excluding hydrogens is 434 g/mol. The second-order valence-corrected chi connectivity index (χ2v) is 10.4. The van der Waals surface area contributed by atoms with Gasteiger partial charge in [-0.3, -0.25) is 0 Å². The Kier molecular flexibility index (Phi) is 4.41. The Balaban J connectivity index is 1.59. The van der Waals surface area contributed by atoms with Crippen molar-refractivity contribution in [3.05, 3.63) is 126 Å². The summed E-state index contributed by atoms with van der Waals surface area (Å²) in [5.41, 5.74) is 17.6. The van der Waals surface area contributed by atoms with E-state index in [1.54, 1.807) is 0 Å². The number of nitrogen functional groups attached to an aromatic ring is 1. The van der Waals surface area contributed by atoms with Gasteiger partial charge in [0.05, 0.1) is 0 Å². The van der Waals surface area contributed by atoms with E-state index in [4.69, 9.17) is 5.73 Å². The maximum absolute atomic E-state index is 6.57. The number of anilines is 1. The average Bonchev–Trinajstić information content (AvgIpc) is 3.16. The van der Waals surface area contributed by atoms with Gasteiger partial charge in [-0.05, 0) is 78.2 Å². The molecule has 6 aromatic carbocycles. The predicted molar refractivity (Wildman–Crippen MR) is 154 cm³/mol. The molecule has 6 aromatic rings. The molecule has 0 bridgehead atoms. The fourth-order valence-corrected chi connectivity index (χ4v) is 6.33. The van der Waals surface area contributed by atoms with Gasteiger partial charge in [0, 0.05) is 11.1 Å². The van der Waals surface area contributed by atoms with E-state index >= 15 is 0 Å². The summed E-state index contributed by atoms with van der Waals surface area (Å²) in [4.78, 5) is 0. The Bertz CT molecular complexity index is 1790. The highest BCUT2D eigenvalue weighted by atomic mass is 14.5. The second kappa shape index (κ2) is 7.57. The molecule has 1 aliphatic carbocycles. The van der Waals surface area contributed by atoms with Gasteiger partial charge < -0.3 is 5.73 Å². The minimum Gasteiger partial charge on any atom is -0.399 e. The molecule has 0 heterocycles. The molecule has 1 aliphatic rings. The minimum atomic E-state index is -0.122. The van der Waals surface area contributed by atoms with Gasteiger partial charge in [0.15, 0.2) is 0 Å². The molecule has 0 spiro atoms. The molecule has 0 aromatic heterocycles. The van der Waals surface area contributed by atoms with E-state index in [0.29, 0.717) is 0 Å². The van der Waals surface area contributed by atoms with Crippen LogP contribution in [0, 0.1) is 0 Å². The molecule has 36 heavy (non-hydrogen) atoms. The van der Waals surface area contributed by atoms with E-state index < -0.39 is 0 Å². The summed E-state index contributed by atoms with van der Waals surface area (Å²) in [5, 5.41) is 5.10. The molecule has 0 unspecified atom stereocenters. The third-order valence-corrected chi connectivity index (χ3v) is 7.95. The number of benzene rings is 6. The highest BCUT2D eigenvalue weighted by Crippen LogP contribution is 2.56. The van der Waals surface area contributed by atoms with Crippen molar-refractivity contribution < 1.29 is 0 Å².